The first-order valence-electron chi connectivity index (χ1n) is 9.36. The van der Waals surface area contributed by atoms with Crippen LogP contribution in [0.3, 0.4) is 0 Å². The van der Waals surface area contributed by atoms with Crippen LogP contribution >= 0.6 is 0 Å². The van der Waals surface area contributed by atoms with Crippen molar-refractivity contribution < 1.29 is 14.3 Å². The zero-order valence-corrected chi connectivity index (χ0v) is 16.3. The van der Waals surface area contributed by atoms with Gasteiger partial charge in [0, 0.05) is 23.8 Å². The molecule has 0 aliphatic carbocycles. The maximum absolute atomic E-state index is 12.4. The summed E-state index contributed by atoms with van der Waals surface area (Å²) in [6.07, 6.45) is 3.82. The summed E-state index contributed by atoms with van der Waals surface area (Å²) in [4.78, 5) is 32.5. The second-order valence-electron chi connectivity index (χ2n) is 6.18. The fraction of sp³-hybridized carbons (Fsp3) is 0.182. The van der Waals surface area contributed by atoms with Gasteiger partial charge in [0.25, 0.3) is 5.91 Å². The Hall–Kier alpha value is -3.74. The van der Waals surface area contributed by atoms with Crippen LogP contribution in [0.2, 0.25) is 0 Å². The summed E-state index contributed by atoms with van der Waals surface area (Å²) in [6, 6.07) is 14.4. The number of ether oxygens (including phenoxy) is 1. The fourth-order valence-corrected chi connectivity index (χ4v) is 2.69. The summed E-state index contributed by atoms with van der Waals surface area (Å²) in [7, 11) is 0. The molecular formula is C22H22N4O3. The second kappa shape index (κ2) is 9.45. The van der Waals surface area contributed by atoms with Gasteiger partial charge in [0.05, 0.1) is 17.7 Å². The number of amides is 1. The first-order valence-corrected chi connectivity index (χ1v) is 9.36. The highest BCUT2D eigenvalue weighted by molar-refractivity contribution is 6.04. The molecule has 0 spiro atoms. The molecule has 0 radical (unpaired) electrons. The van der Waals surface area contributed by atoms with Gasteiger partial charge in [0.15, 0.2) is 0 Å². The van der Waals surface area contributed by atoms with E-state index in [0.717, 1.165) is 17.7 Å². The number of nitrogens with zero attached hydrogens (tertiary/aromatic N) is 2. The number of nitrogens with one attached hydrogen (secondary N) is 2. The highest BCUT2D eigenvalue weighted by Gasteiger charge is 2.10. The lowest BCUT2D eigenvalue weighted by Crippen LogP contribution is -2.13. The van der Waals surface area contributed by atoms with Gasteiger partial charge in [-0.2, -0.15) is 0 Å². The third kappa shape index (κ3) is 5.16. The van der Waals surface area contributed by atoms with Gasteiger partial charge < -0.3 is 15.4 Å². The van der Waals surface area contributed by atoms with Gasteiger partial charge in [0.2, 0.25) is 5.95 Å². The van der Waals surface area contributed by atoms with Crippen molar-refractivity contribution in [3.63, 3.8) is 0 Å². The van der Waals surface area contributed by atoms with E-state index in [2.05, 4.69) is 27.5 Å². The zero-order valence-electron chi connectivity index (χ0n) is 16.3. The largest absolute Gasteiger partial charge is 0.462 e. The van der Waals surface area contributed by atoms with Crippen LogP contribution in [0.1, 0.15) is 40.1 Å². The summed E-state index contributed by atoms with van der Waals surface area (Å²) < 4.78 is 4.94. The van der Waals surface area contributed by atoms with Crippen LogP contribution in [0.5, 0.6) is 0 Å². The molecule has 1 amide bonds. The molecule has 3 rings (SSSR count). The number of carbonyl (C=O) groups is 2. The second-order valence-corrected chi connectivity index (χ2v) is 6.18. The summed E-state index contributed by atoms with van der Waals surface area (Å²) in [5.74, 6) is -0.317. The predicted molar refractivity (Wildman–Crippen MR) is 111 cm³/mol. The molecule has 2 N–H and O–H groups in total. The van der Waals surface area contributed by atoms with E-state index in [1.54, 1.807) is 31.2 Å². The van der Waals surface area contributed by atoms with Crippen LogP contribution < -0.4 is 10.6 Å². The zero-order chi connectivity index (χ0) is 20.6. The molecule has 2 aromatic carbocycles. The van der Waals surface area contributed by atoms with Gasteiger partial charge in [0.1, 0.15) is 0 Å². The molecular weight excluding hydrogens is 368 g/mol. The van der Waals surface area contributed by atoms with Gasteiger partial charge in [-0.1, -0.05) is 25.1 Å². The van der Waals surface area contributed by atoms with Gasteiger partial charge in [-0.25, -0.2) is 14.8 Å². The number of aromatic nitrogens is 2. The first-order chi connectivity index (χ1) is 14.1. The number of hydrogen-bond acceptors (Lipinski definition) is 6. The molecule has 0 aliphatic heterocycles. The maximum atomic E-state index is 12.4. The van der Waals surface area contributed by atoms with Crippen molar-refractivity contribution in [2.45, 2.75) is 20.3 Å². The van der Waals surface area contributed by atoms with Crippen molar-refractivity contribution in [3.05, 3.63) is 77.6 Å². The minimum Gasteiger partial charge on any atom is -0.462 e. The van der Waals surface area contributed by atoms with Crippen molar-refractivity contribution >= 4 is 29.2 Å². The lowest BCUT2D eigenvalue weighted by molar-refractivity contribution is 0.0526. The molecule has 1 heterocycles. The number of esters is 1. The Morgan fingerprint density at radius 1 is 0.931 bits per heavy atom. The molecule has 0 bridgehead atoms. The van der Waals surface area contributed by atoms with E-state index in [1.165, 1.54) is 12.4 Å². The minimum absolute atomic E-state index is 0.312. The predicted octanol–water partition coefficient (Wildman–Crippen LogP) is 4.21. The van der Waals surface area contributed by atoms with Crippen LogP contribution in [0.25, 0.3) is 0 Å². The first kappa shape index (κ1) is 20.0. The normalized spacial score (nSPS) is 10.3. The Morgan fingerprint density at radius 2 is 1.62 bits per heavy atom. The summed E-state index contributed by atoms with van der Waals surface area (Å²) >= 11 is 0. The number of para-hydroxylation sites is 1. The maximum Gasteiger partial charge on any atom is 0.338 e. The number of rotatable bonds is 7. The number of carbonyl (C=O) groups excluding carboxylic acids is 2. The molecule has 29 heavy (non-hydrogen) atoms. The van der Waals surface area contributed by atoms with Crippen LogP contribution in [-0.4, -0.2) is 28.5 Å². The number of benzene rings is 2. The van der Waals surface area contributed by atoms with Crippen molar-refractivity contribution in [3.8, 4) is 0 Å². The van der Waals surface area contributed by atoms with Crippen LogP contribution in [0, 0.1) is 0 Å². The molecule has 3 aromatic rings. The third-order valence-electron chi connectivity index (χ3n) is 4.21. The molecule has 0 aliphatic rings. The van der Waals surface area contributed by atoms with E-state index < -0.39 is 5.97 Å². The average molecular weight is 390 g/mol. The summed E-state index contributed by atoms with van der Waals surface area (Å²) in [5.41, 5.74) is 3.41. The van der Waals surface area contributed by atoms with E-state index in [1.807, 2.05) is 24.3 Å². The Labute approximate surface area is 169 Å². The van der Waals surface area contributed by atoms with Gasteiger partial charge in [-0.05, 0) is 49.2 Å². The topological polar surface area (TPSA) is 93.2 Å². The number of hydrogen-bond donors (Lipinski definition) is 2. The molecule has 0 unspecified atom stereocenters. The molecule has 0 atom stereocenters. The van der Waals surface area contributed by atoms with Crippen molar-refractivity contribution in [1.29, 1.82) is 0 Å². The lowest BCUT2D eigenvalue weighted by atomic mass is 10.1. The quantitative estimate of drug-likeness (QED) is 0.587. The molecule has 0 saturated carbocycles. The Bertz CT molecular complexity index is 986. The van der Waals surface area contributed by atoms with Crippen LogP contribution in [0.4, 0.5) is 17.3 Å². The van der Waals surface area contributed by atoms with Crippen molar-refractivity contribution in [1.82, 2.24) is 9.97 Å². The number of aryl methyl sites for hydroxylation is 1. The van der Waals surface area contributed by atoms with E-state index in [9.17, 15) is 9.59 Å². The molecule has 7 nitrogen and oxygen atoms in total. The minimum atomic E-state index is -0.397. The van der Waals surface area contributed by atoms with Gasteiger partial charge in [-0.15, -0.1) is 0 Å². The summed E-state index contributed by atoms with van der Waals surface area (Å²) in [5, 5.41) is 5.92. The van der Waals surface area contributed by atoms with Gasteiger partial charge in [-0.3, -0.25) is 4.79 Å². The number of anilines is 3. The van der Waals surface area contributed by atoms with Crippen molar-refractivity contribution in [2.24, 2.45) is 0 Å². The molecule has 1 aromatic heterocycles. The SMILES string of the molecule is CCOC(=O)c1ccc(NC(=O)c2cnc(Nc3ccccc3CC)nc2)cc1. The van der Waals surface area contributed by atoms with Crippen LogP contribution in [-0.2, 0) is 11.2 Å². The standard InChI is InChI=1S/C22H22N4O3/c1-3-15-7-5-6-8-19(15)26-22-23-13-17(14-24-22)20(27)25-18-11-9-16(10-12-18)21(28)29-4-2/h5-14H,3-4H2,1-2H3,(H,25,27)(H,23,24,26). The Balaban J connectivity index is 1.64. The van der Waals surface area contributed by atoms with E-state index >= 15 is 0 Å². The molecule has 7 heteroatoms. The fourth-order valence-electron chi connectivity index (χ4n) is 2.69. The van der Waals surface area contributed by atoms with Gasteiger partial charge >= 0.3 is 5.97 Å². The molecule has 0 saturated heterocycles. The average Bonchev–Trinajstić information content (AvgIpc) is 2.75. The Kier molecular flexibility index (Phi) is 6.52. The monoisotopic (exact) mass is 390 g/mol. The third-order valence-corrected chi connectivity index (χ3v) is 4.21. The smallest absolute Gasteiger partial charge is 0.338 e. The van der Waals surface area contributed by atoms with E-state index in [-0.39, 0.29) is 5.91 Å². The highest BCUT2D eigenvalue weighted by atomic mass is 16.5. The summed E-state index contributed by atoms with van der Waals surface area (Å²) in [6.45, 7) is 4.14. The van der Waals surface area contributed by atoms with E-state index in [4.69, 9.17) is 4.74 Å². The molecule has 148 valence electrons. The molecule has 0 fully saturated rings. The van der Waals surface area contributed by atoms with E-state index in [0.29, 0.717) is 29.4 Å². The lowest BCUT2D eigenvalue weighted by Gasteiger charge is -2.10. The van der Waals surface area contributed by atoms with Crippen LogP contribution in [0.15, 0.2) is 60.9 Å². The highest BCUT2D eigenvalue weighted by Crippen LogP contribution is 2.19. The Morgan fingerprint density at radius 3 is 2.28 bits per heavy atom. The van der Waals surface area contributed by atoms with Crippen molar-refractivity contribution in [2.75, 3.05) is 17.2 Å².